The smallest absolute Gasteiger partial charge is 0.0391 e. The molecule has 0 bridgehead atoms. The van der Waals surface area contributed by atoms with Gasteiger partial charge in [0.15, 0.2) is 0 Å². The highest BCUT2D eigenvalue weighted by Crippen LogP contribution is 2.23. The average Bonchev–Trinajstić information content (AvgIpc) is 2.74. The fourth-order valence-corrected chi connectivity index (χ4v) is 2.75. The summed E-state index contributed by atoms with van der Waals surface area (Å²) in [6, 6.07) is 6.75. The Bertz CT molecular complexity index is 473. The van der Waals surface area contributed by atoms with E-state index in [1.54, 1.807) is 0 Å². The minimum Gasteiger partial charge on any atom is -0.305 e. The maximum atomic E-state index is 4.30. The molecule has 0 saturated heterocycles. The standard InChI is InChI=1S/C14H18N2S/c1-10-6-7-17-14(10)12(3)16-9-13-5-4-11(2)15-8-13/h4-8,12,16H,9H2,1-3H3. The van der Waals surface area contributed by atoms with E-state index >= 15 is 0 Å². The van der Waals surface area contributed by atoms with Gasteiger partial charge in [-0.1, -0.05) is 6.07 Å². The molecule has 3 heteroatoms. The Hall–Kier alpha value is -1.19. The van der Waals surface area contributed by atoms with Crippen molar-refractivity contribution in [3.8, 4) is 0 Å². The second-order valence-corrected chi connectivity index (χ2v) is 5.33. The Morgan fingerprint density at radius 2 is 2.12 bits per heavy atom. The van der Waals surface area contributed by atoms with Crippen LogP contribution >= 0.6 is 11.3 Å². The van der Waals surface area contributed by atoms with E-state index in [1.807, 2.05) is 24.5 Å². The summed E-state index contributed by atoms with van der Waals surface area (Å²) in [5, 5.41) is 5.68. The van der Waals surface area contributed by atoms with Gasteiger partial charge in [0.25, 0.3) is 0 Å². The summed E-state index contributed by atoms with van der Waals surface area (Å²) in [7, 11) is 0. The van der Waals surface area contributed by atoms with Gasteiger partial charge in [0.2, 0.25) is 0 Å². The van der Waals surface area contributed by atoms with Crippen LogP contribution in [0.15, 0.2) is 29.8 Å². The van der Waals surface area contributed by atoms with Crippen LogP contribution in [0.1, 0.15) is 34.7 Å². The van der Waals surface area contributed by atoms with Crippen LogP contribution in [0.5, 0.6) is 0 Å². The summed E-state index contributed by atoms with van der Waals surface area (Å²) >= 11 is 1.82. The second-order valence-electron chi connectivity index (χ2n) is 4.38. The quantitative estimate of drug-likeness (QED) is 0.891. The van der Waals surface area contributed by atoms with Crippen molar-refractivity contribution in [1.82, 2.24) is 10.3 Å². The van der Waals surface area contributed by atoms with E-state index in [1.165, 1.54) is 16.0 Å². The Labute approximate surface area is 107 Å². The molecule has 2 aromatic heterocycles. The van der Waals surface area contributed by atoms with E-state index in [0.717, 1.165) is 12.2 Å². The molecule has 0 aliphatic rings. The molecule has 0 spiro atoms. The maximum Gasteiger partial charge on any atom is 0.0391 e. The van der Waals surface area contributed by atoms with Crippen molar-refractivity contribution >= 4 is 11.3 Å². The van der Waals surface area contributed by atoms with Crippen LogP contribution in [0.25, 0.3) is 0 Å². The zero-order valence-corrected chi connectivity index (χ0v) is 11.3. The predicted molar refractivity (Wildman–Crippen MR) is 73.3 cm³/mol. The summed E-state index contributed by atoms with van der Waals surface area (Å²) in [6.45, 7) is 7.25. The maximum absolute atomic E-state index is 4.30. The number of hydrogen-bond donors (Lipinski definition) is 1. The summed E-state index contributed by atoms with van der Waals surface area (Å²) in [5.74, 6) is 0. The highest BCUT2D eigenvalue weighted by atomic mass is 32.1. The average molecular weight is 246 g/mol. The monoisotopic (exact) mass is 246 g/mol. The van der Waals surface area contributed by atoms with Crippen molar-refractivity contribution in [2.75, 3.05) is 0 Å². The van der Waals surface area contributed by atoms with Crippen molar-refractivity contribution < 1.29 is 0 Å². The van der Waals surface area contributed by atoms with Crippen molar-refractivity contribution in [3.63, 3.8) is 0 Å². The van der Waals surface area contributed by atoms with Gasteiger partial charge < -0.3 is 5.32 Å². The number of hydrogen-bond acceptors (Lipinski definition) is 3. The minimum absolute atomic E-state index is 0.399. The molecule has 1 N–H and O–H groups in total. The molecule has 2 nitrogen and oxygen atoms in total. The number of nitrogens with one attached hydrogen (secondary N) is 1. The number of aromatic nitrogens is 1. The first kappa shape index (κ1) is 12.3. The molecule has 2 rings (SSSR count). The minimum atomic E-state index is 0.399. The topological polar surface area (TPSA) is 24.9 Å². The van der Waals surface area contributed by atoms with Crippen LogP contribution in [0.3, 0.4) is 0 Å². The van der Waals surface area contributed by atoms with Crippen molar-refractivity contribution in [1.29, 1.82) is 0 Å². The van der Waals surface area contributed by atoms with Crippen molar-refractivity contribution in [2.24, 2.45) is 0 Å². The predicted octanol–water partition coefficient (Wildman–Crippen LogP) is 3.61. The third kappa shape index (κ3) is 3.14. The van der Waals surface area contributed by atoms with Gasteiger partial charge in [0, 0.05) is 29.4 Å². The Kier molecular flexibility index (Phi) is 3.92. The van der Waals surface area contributed by atoms with Crippen LogP contribution < -0.4 is 5.32 Å². The third-order valence-corrected chi connectivity index (χ3v) is 4.08. The van der Waals surface area contributed by atoms with Gasteiger partial charge in [0.05, 0.1) is 0 Å². The van der Waals surface area contributed by atoms with E-state index in [0.29, 0.717) is 6.04 Å². The molecule has 0 aliphatic heterocycles. The van der Waals surface area contributed by atoms with E-state index in [2.05, 4.69) is 47.7 Å². The fourth-order valence-electron chi connectivity index (χ4n) is 1.79. The molecular formula is C14H18N2S. The molecule has 0 aromatic carbocycles. The molecule has 1 unspecified atom stereocenters. The second kappa shape index (κ2) is 5.43. The van der Waals surface area contributed by atoms with Crippen LogP contribution in [-0.4, -0.2) is 4.98 Å². The number of thiophene rings is 1. The van der Waals surface area contributed by atoms with E-state index in [4.69, 9.17) is 0 Å². The lowest BCUT2D eigenvalue weighted by Crippen LogP contribution is -2.17. The summed E-state index contributed by atoms with van der Waals surface area (Å²) < 4.78 is 0. The molecule has 0 radical (unpaired) electrons. The highest BCUT2D eigenvalue weighted by molar-refractivity contribution is 7.10. The first-order valence-corrected chi connectivity index (χ1v) is 6.73. The van der Waals surface area contributed by atoms with Crippen molar-refractivity contribution in [3.05, 3.63) is 51.5 Å². The van der Waals surface area contributed by atoms with Crippen LogP contribution in [0.2, 0.25) is 0 Å². The first-order valence-electron chi connectivity index (χ1n) is 5.85. The molecule has 90 valence electrons. The molecule has 2 aromatic rings. The lowest BCUT2D eigenvalue weighted by molar-refractivity contribution is 0.580. The Morgan fingerprint density at radius 3 is 2.71 bits per heavy atom. The molecule has 0 amide bonds. The van der Waals surface area contributed by atoms with Gasteiger partial charge in [0.1, 0.15) is 0 Å². The normalized spacial score (nSPS) is 12.6. The van der Waals surface area contributed by atoms with Gasteiger partial charge >= 0.3 is 0 Å². The van der Waals surface area contributed by atoms with Gasteiger partial charge in [-0.15, -0.1) is 11.3 Å². The van der Waals surface area contributed by atoms with E-state index in [-0.39, 0.29) is 0 Å². The fraction of sp³-hybridized carbons (Fsp3) is 0.357. The van der Waals surface area contributed by atoms with Gasteiger partial charge in [-0.3, -0.25) is 4.98 Å². The first-order chi connectivity index (χ1) is 8.16. The SMILES string of the molecule is Cc1ccc(CNC(C)c2sccc2C)cn1. The van der Waals surface area contributed by atoms with Gasteiger partial charge in [-0.2, -0.15) is 0 Å². The summed E-state index contributed by atoms with van der Waals surface area (Å²) in [6.07, 6.45) is 1.94. The van der Waals surface area contributed by atoms with Crippen molar-refractivity contribution in [2.45, 2.75) is 33.4 Å². The van der Waals surface area contributed by atoms with Crippen LogP contribution in [-0.2, 0) is 6.54 Å². The molecule has 17 heavy (non-hydrogen) atoms. The van der Waals surface area contributed by atoms with E-state index < -0.39 is 0 Å². The molecule has 0 saturated carbocycles. The van der Waals surface area contributed by atoms with Crippen LogP contribution in [0, 0.1) is 13.8 Å². The highest BCUT2D eigenvalue weighted by Gasteiger charge is 2.08. The Morgan fingerprint density at radius 1 is 1.29 bits per heavy atom. The van der Waals surface area contributed by atoms with E-state index in [9.17, 15) is 0 Å². The Balaban J connectivity index is 1.94. The lowest BCUT2D eigenvalue weighted by atomic mass is 10.2. The number of rotatable bonds is 4. The largest absolute Gasteiger partial charge is 0.305 e. The molecule has 0 aliphatic carbocycles. The number of aryl methyl sites for hydroxylation is 2. The summed E-state index contributed by atoms with van der Waals surface area (Å²) in [5.41, 5.74) is 3.67. The molecule has 0 fully saturated rings. The molecular weight excluding hydrogens is 228 g/mol. The third-order valence-electron chi connectivity index (χ3n) is 2.88. The molecule has 1 atom stereocenters. The van der Waals surface area contributed by atoms with Gasteiger partial charge in [-0.05, 0) is 49.4 Å². The zero-order valence-electron chi connectivity index (χ0n) is 10.5. The number of pyridine rings is 1. The lowest BCUT2D eigenvalue weighted by Gasteiger charge is -2.13. The molecule has 2 heterocycles. The van der Waals surface area contributed by atoms with Gasteiger partial charge in [-0.25, -0.2) is 0 Å². The summed E-state index contributed by atoms with van der Waals surface area (Å²) in [4.78, 5) is 5.72. The van der Waals surface area contributed by atoms with Crippen LogP contribution in [0.4, 0.5) is 0 Å². The number of nitrogens with zero attached hydrogens (tertiary/aromatic N) is 1. The zero-order chi connectivity index (χ0) is 12.3.